The van der Waals surface area contributed by atoms with Crippen molar-refractivity contribution >= 4 is 5.78 Å². The molecular weight excluding hydrogens is 256 g/mol. The van der Waals surface area contributed by atoms with Crippen LogP contribution >= 0.6 is 0 Å². The van der Waals surface area contributed by atoms with Gasteiger partial charge < -0.3 is 13.9 Å². The highest BCUT2D eigenvalue weighted by Crippen LogP contribution is 2.19. The van der Waals surface area contributed by atoms with Gasteiger partial charge in [-0.15, -0.1) is 0 Å². The number of carbonyl (C=O) groups is 1. The molecule has 0 amide bonds. The summed E-state index contributed by atoms with van der Waals surface area (Å²) in [6.45, 7) is 4.24. The summed E-state index contributed by atoms with van der Waals surface area (Å²) >= 11 is 0. The van der Waals surface area contributed by atoms with E-state index in [1.165, 1.54) is 0 Å². The number of furan rings is 1. The average molecular weight is 274 g/mol. The maximum absolute atomic E-state index is 12.3. The van der Waals surface area contributed by atoms with Gasteiger partial charge in [0.15, 0.2) is 5.76 Å². The van der Waals surface area contributed by atoms with E-state index in [1.807, 2.05) is 19.9 Å². The molecule has 4 nitrogen and oxygen atoms in total. The van der Waals surface area contributed by atoms with Crippen molar-refractivity contribution in [2.45, 2.75) is 26.6 Å². The van der Waals surface area contributed by atoms with E-state index in [0.29, 0.717) is 29.4 Å². The van der Waals surface area contributed by atoms with Crippen LogP contribution in [0.1, 0.15) is 35.7 Å². The van der Waals surface area contributed by atoms with E-state index in [2.05, 4.69) is 0 Å². The molecule has 1 aromatic carbocycles. The minimum absolute atomic E-state index is 0.0669. The lowest BCUT2D eigenvalue weighted by Gasteiger charge is -2.10. The smallest absolute Gasteiger partial charge is 0.228 e. The van der Waals surface area contributed by atoms with Gasteiger partial charge in [0.1, 0.15) is 18.1 Å². The average Bonchev–Trinajstić information content (AvgIpc) is 2.86. The van der Waals surface area contributed by atoms with Crippen molar-refractivity contribution in [2.24, 2.45) is 0 Å². The monoisotopic (exact) mass is 274 g/mol. The predicted molar refractivity (Wildman–Crippen MR) is 75.1 cm³/mol. The number of carbonyl (C=O) groups excluding carboxylic acids is 1. The molecule has 2 aromatic rings. The largest absolute Gasteiger partial charge is 0.491 e. The molecule has 0 saturated heterocycles. The van der Waals surface area contributed by atoms with E-state index in [4.69, 9.17) is 13.9 Å². The van der Waals surface area contributed by atoms with Gasteiger partial charge in [0.2, 0.25) is 5.78 Å². The Morgan fingerprint density at radius 3 is 2.75 bits per heavy atom. The third kappa shape index (κ3) is 3.48. The summed E-state index contributed by atoms with van der Waals surface area (Å²) in [5, 5.41) is 0. The summed E-state index contributed by atoms with van der Waals surface area (Å²) < 4.78 is 16.0. The van der Waals surface area contributed by atoms with Gasteiger partial charge in [-0.2, -0.15) is 0 Å². The SMILES string of the molecule is COCc1ccc(C(=O)c2cccc(OC(C)C)c2)o1. The third-order valence-corrected chi connectivity index (χ3v) is 2.64. The van der Waals surface area contributed by atoms with Crippen LogP contribution in [0.4, 0.5) is 0 Å². The Balaban J connectivity index is 2.19. The van der Waals surface area contributed by atoms with Crippen molar-refractivity contribution in [2.75, 3.05) is 7.11 Å². The van der Waals surface area contributed by atoms with Crippen molar-refractivity contribution in [3.63, 3.8) is 0 Å². The van der Waals surface area contributed by atoms with E-state index >= 15 is 0 Å². The normalized spacial score (nSPS) is 10.8. The van der Waals surface area contributed by atoms with E-state index < -0.39 is 0 Å². The van der Waals surface area contributed by atoms with Crippen molar-refractivity contribution in [1.82, 2.24) is 0 Å². The molecule has 0 fully saturated rings. The summed E-state index contributed by atoms with van der Waals surface area (Å²) in [5.74, 6) is 1.44. The molecule has 2 rings (SSSR count). The maximum atomic E-state index is 12.3. The number of benzene rings is 1. The van der Waals surface area contributed by atoms with Crippen LogP contribution in [0, 0.1) is 0 Å². The topological polar surface area (TPSA) is 48.7 Å². The van der Waals surface area contributed by atoms with Crippen molar-refractivity contribution in [3.05, 3.63) is 53.5 Å². The molecule has 0 spiro atoms. The van der Waals surface area contributed by atoms with Gasteiger partial charge in [0.05, 0.1) is 6.10 Å². The highest BCUT2D eigenvalue weighted by atomic mass is 16.5. The second-order valence-corrected chi connectivity index (χ2v) is 4.72. The van der Waals surface area contributed by atoms with Gasteiger partial charge in [-0.1, -0.05) is 12.1 Å². The Hall–Kier alpha value is -2.07. The minimum Gasteiger partial charge on any atom is -0.491 e. The fourth-order valence-electron chi connectivity index (χ4n) is 1.84. The fraction of sp³-hybridized carbons (Fsp3) is 0.312. The van der Waals surface area contributed by atoms with Crippen LogP contribution in [0.15, 0.2) is 40.8 Å². The Kier molecular flexibility index (Phi) is 4.58. The van der Waals surface area contributed by atoms with E-state index in [-0.39, 0.29) is 11.9 Å². The second-order valence-electron chi connectivity index (χ2n) is 4.72. The Bertz CT molecular complexity index is 584. The molecule has 0 bridgehead atoms. The number of ketones is 1. The minimum atomic E-state index is -0.165. The van der Waals surface area contributed by atoms with Crippen LogP contribution < -0.4 is 4.74 Å². The van der Waals surface area contributed by atoms with Crippen molar-refractivity contribution in [3.8, 4) is 5.75 Å². The van der Waals surface area contributed by atoms with Crippen LogP contribution in [0.3, 0.4) is 0 Å². The lowest BCUT2D eigenvalue weighted by molar-refractivity contribution is 0.0999. The number of hydrogen-bond donors (Lipinski definition) is 0. The molecule has 0 aliphatic rings. The van der Waals surface area contributed by atoms with Crippen LogP contribution in [-0.2, 0) is 11.3 Å². The molecule has 0 atom stereocenters. The lowest BCUT2D eigenvalue weighted by atomic mass is 10.1. The van der Waals surface area contributed by atoms with Crippen LogP contribution in [0.25, 0.3) is 0 Å². The quantitative estimate of drug-likeness (QED) is 0.757. The Labute approximate surface area is 118 Å². The lowest BCUT2D eigenvalue weighted by Crippen LogP contribution is -2.06. The van der Waals surface area contributed by atoms with Crippen LogP contribution in [0.2, 0.25) is 0 Å². The van der Waals surface area contributed by atoms with E-state index in [0.717, 1.165) is 0 Å². The molecular formula is C16H18O4. The van der Waals surface area contributed by atoms with Crippen molar-refractivity contribution < 1.29 is 18.7 Å². The molecule has 0 saturated carbocycles. The first-order valence-corrected chi connectivity index (χ1v) is 6.49. The molecule has 20 heavy (non-hydrogen) atoms. The molecule has 106 valence electrons. The van der Waals surface area contributed by atoms with Crippen LogP contribution in [0.5, 0.6) is 5.75 Å². The van der Waals surface area contributed by atoms with Gasteiger partial charge >= 0.3 is 0 Å². The van der Waals surface area contributed by atoms with Gasteiger partial charge in [-0.3, -0.25) is 4.79 Å². The number of ether oxygens (including phenoxy) is 2. The predicted octanol–water partition coefficient (Wildman–Crippen LogP) is 3.44. The highest BCUT2D eigenvalue weighted by Gasteiger charge is 2.14. The number of hydrogen-bond acceptors (Lipinski definition) is 4. The van der Waals surface area contributed by atoms with Crippen molar-refractivity contribution in [1.29, 1.82) is 0 Å². The second kappa shape index (κ2) is 6.39. The molecule has 0 radical (unpaired) electrons. The molecule has 1 aromatic heterocycles. The zero-order valence-electron chi connectivity index (χ0n) is 11.9. The standard InChI is InChI=1S/C16H18O4/c1-11(2)19-13-6-4-5-12(9-13)16(17)15-8-7-14(20-15)10-18-3/h4-9,11H,10H2,1-3H3. The van der Waals surface area contributed by atoms with Gasteiger partial charge in [0.25, 0.3) is 0 Å². The highest BCUT2D eigenvalue weighted by molar-refractivity contribution is 6.07. The van der Waals surface area contributed by atoms with E-state index in [1.54, 1.807) is 37.4 Å². The molecule has 0 aliphatic carbocycles. The summed E-state index contributed by atoms with van der Waals surface area (Å²) in [6.07, 6.45) is 0.0669. The van der Waals surface area contributed by atoms with Gasteiger partial charge in [-0.05, 0) is 38.1 Å². The molecule has 4 heteroatoms. The third-order valence-electron chi connectivity index (χ3n) is 2.64. The molecule has 0 aliphatic heterocycles. The van der Waals surface area contributed by atoms with Gasteiger partial charge in [-0.25, -0.2) is 0 Å². The summed E-state index contributed by atoms with van der Waals surface area (Å²) in [7, 11) is 1.58. The number of rotatable bonds is 6. The maximum Gasteiger partial charge on any atom is 0.228 e. The summed E-state index contributed by atoms with van der Waals surface area (Å²) in [6, 6.07) is 10.5. The first-order valence-electron chi connectivity index (χ1n) is 6.49. The summed E-state index contributed by atoms with van der Waals surface area (Å²) in [5.41, 5.74) is 0.543. The zero-order chi connectivity index (χ0) is 14.5. The summed E-state index contributed by atoms with van der Waals surface area (Å²) in [4.78, 5) is 12.3. The van der Waals surface area contributed by atoms with Crippen LogP contribution in [-0.4, -0.2) is 19.0 Å². The van der Waals surface area contributed by atoms with Gasteiger partial charge in [0, 0.05) is 12.7 Å². The number of methoxy groups -OCH3 is 1. The first kappa shape index (κ1) is 14.3. The zero-order valence-corrected chi connectivity index (χ0v) is 11.9. The fourth-order valence-corrected chi connectivity index (χ4v) is 1.84. The molecule has 0 N–H and O–H groups in total. The molecule has 1 heterocycles. The van der Waals surface area contributed by atoms with E-state index in [9.17, 15) is 4.79 Å². The molecule has 0 unspecified atom stereocenters. The Morgan fingerprint density at radius 1 is 1.25 bits per heavy atom. The Morgan fingerprint density at radius 2 is 2.05 bits per heavy atom. The first-order chi connectivity index (χ1) is 9.60.